The Morgan fingerprint density at radius 1 is 1.17 bits per heavy atom. The zero-order valence-corrected chi connectivity index (χ0v) is 12.7. The molecule has 1 aromatic heterocycles. The zero-order chi connectivity index (χ0) is 17.7. The molecule has 2 N–H and O–H groups in total. The molecule has 1 heterocycles. The molecule has 2 rings (SSSR count). The molecule has 1 amide bonds. The summed E-state index contributed by atoms with van der Waals surface area (Å²) in [5, 5.41) is 5.36. The summed E-state index contributed by atoms with van der Waals surface area (Å²) in [6, 6.07) is 6.30. The van der Waals surface area contributed by atoms with Crippen LogP contribution in [0, 0.1) is 12.7 Å². The molecule has 0 aliphatic carbocycles. The maximum absolute atomic E-state index is 13.4. The van der Waals surface area contributed by atoms with Gasteiger partial charge in [0.05, 0.1) is 5.56 Å². The van der Waals surface area contributed by atoms with Gasteiger partial charge in [0.1, 0.15) is 11.6 Å². The lowest BCUT2D eigenvalue weighted by Gasteiger charge is -2.09. The van der Waals surface area contributed by atoms with Crippen LogP contribution in [0.25, 0.3) is 0 Å². The summed E-state index contributed by atoms with van der Waals surface area (Å²) in [5.41, 5.74) is -0.185. The second-order valence-electron chi connectivity index (χ2n) is 5.08. The highest BCUT2D eigenvalue weighted by Gasteiger charge is 2.30. The maximum atomic E-state index is 13.4. The van der Waals surface area contributed by atoms with Crippen molar-refractivity contribution in [1.82, 2.24) is 10.3 Å². The van der Waals surface area contributed by atoms with Crippen LogP contribution in [-0.4, -0.2) is 24.0 Å². The lowest BCUT2D eigenvalue weighted by atomic mass is 10.1. The Morgan fingerprint density at radius 2 is 1.92 bits per heavy atom. The van der Waals surface area contributed by atoms with Gasteiger partial charge in [-0.15, -0.1) is 0 Å². The van der Waals surface area contributed by atoms with E-state index in [1.807, 2.05) is 0 Å². The number of amides is 1. The fourth-order valence-corrected chi connectivity index (χ4v) is 1.87. The van der Waals surface area contributed by atoms with E-state index in [-0.39, 0.29) is 24.5 Å². The molecule has 128 valence electrons. The summed E-state index contributed by atoms with van der Waals surface area (Å²) >= 11 is 0. The average Bonchev–Trinajstić information content (AvgIpc) is 2.53. The number of carbonyl (C=O) groups is 1. The van der Waals surface area contributed by atoms with Gasteiger partial charge < -0.3 is 10.6 Å². The van der Waals surface area contributed by atoms with Gasteiger partial charge in [0.25, 0.3) is 5.91 Å². The predicted octanol–water partition coefficient (Wildman–Crippen LogP) is 3.39. The Labute approximate surface area is 135 Å². The van der Waals surface area contributed by atoms with Crippen LogP contribution in [0.1, 0.15) is 21.5 Å². The van der Waals surface area contributed by atoms with Crippen molar-refractivity contribution in [3.05, 3.63) is 59.0 Å². The topological polar surface area (TPSA) is 54.0 Å². The van der Waals surface area contributed by atoms with E-state index < -0.39 is 23.5 Å². The second kappa shape index (κ2) is 7.29. The third-order valence-electron chi connectivity index (χ3n) is 3.24. The molecule has 0 aliphatic heterocycles. The molecule has 8 heteroatoms. The molecule has 4 nitrogen and oxygen atoms in total. The molecule has 0 aliphatic rings. The Hall–Kier alpha value is -2.64. The lowest BCUT2D eigenvalue weighted by molar-refractivity contribution is -0.137. The third kappa shape index (κ3) is 4.68. The van der Waals surface area contributed by atoms with Crippen LogP contribution in [0.3, 0.4) is 0 Å². The standard InChI is InChI=1S/C16H15F4N3O/c1-10-2-3-11(8-13(10)17)15(24)22-7-6-21-14-5-4-12(9-23-14)16(18,19)20/h2-5,8-9H,6-7H2,1H3,(H,21,23)(H,22,24). The van der Waals surface area contributed by atoms with Crippen LogP contribution < -0.4 is 10.6 Å². The number of benzene rings is 1. The van der Waals surface area contributed by atoms with Crippen molar-refractivity contribution in [2.24, 2.45) is 0 Å². The molecular formula is C16H15F4N3O. The molecule has 0 unspecified atom stereocenters. The fourth-order valence-electron chi connectivity index (χ4n) is 1.87. The minimum atomic E-state index is -4.43. The minimum absolute atomic E-state index is 0.200. The number of hydrogen-bond acceptors (Lipinski definition) is 3. The summed E-state index contributed by atoms with van der Waals surface area (Å²) in [6.07, 6.45) is -3.70. The van der Waals surface area contributed by atoms with Gasteiger partial charge in [-0.05, 0) is 36.8 Å². The number of anilines is 1. The second-order valence-corrected chi connectivity index (χ2v) is 5.08. The van der Waals surface area contributed by atoms with Gasteiger partial charge in [-0.25, -0.2) is 9.37 Å². The molecule has 0 radical (unpaired) electrons. The van der Waals surface area contributed by atoms with Crippen LogP contribution in [0.5, 0.6) is 0 Å². The maximum Gasteiger partial charge on any atom is 0.417 e. The highest BCUT2D eigenvalue weighted by Crippen LogP contribution is 2.28. The lowest BCUT2D eigenvalue weighted by Crippen LogP contribution is -2.29. The molecule has 24 heavy (non-hydrogen) atoms. The van der Waals surface area contributed by atoms with Crippen LogP contribution in [0.2, 0.25) is 0 Å². The summed E-state index contributed by atoms with van der Waals surface area (Å²) in [4.78, 5) is 15.5. The van der Waals surface area contributed by atoms with Gasteiger partial charge in [0, 0.05) is 24.8 Å². The van der Waals surface area contributed by atoms with E-state index >= 15 is 0 Å². The van der Waals surface area contributed by atoms with Crippen molar-refractivity contribution in [3.63, 3.8) is 0 Å². The molecule has 0 saturated heterocycles. The molecule has 0 fully saturated rings. The smallest absolute Gasteiger partial charge is 0.368 e. The van der Waals surface area contributed by atoms with E-state index in [2.05, 4.69) is 15.6 Å². The van der Waals surface area contributed by atoms with Crippen LogP contribution in [0.15, 0.2) is 36.5 Å². The number of aryl methyl sites for hydroxylation is 1. The van der Waals surface area contributed by atoms with Crippen LogP contribution in [-0.2, 0) is 6.18 Å². The van der Waals surface area contributed by atoms with Gasteiger partial charge in [0.2, 0.25) is 0 Å². The molecular weight excluding hydrogens is 326 g/mol. The summed E-state index contributed by atoms with van der Waals surface area (Å²) in [7, 11) is 0. The Kier molecular flexibility index (Phi) is 5.38. The Morgan fingerprint density at radius 3 is 2.50 bits per heavy atom. The predicted molar refractivity (Wildman–Crippen MR) is 81.2 cm³/mol. The van der Waals surface area contributed by atoms with E-state index in [9.17, 15) is 22.4 Å². The average molecular weight is 341 g/mol. The van der Waals surface area contributed by atoms with E-state index in [1.54, 1.807) is 6.92 Å². The first-order valence-corrected chi connectivity index (χ1v) is 7.09. The Bertz CT molecular complexity index is 714. The van der Waals surface area contributed by atoms with Gasteiger partial charge in [-0.2, -0.15) is 13.2 Å². The largest absolute Gasteiger partial charge is 0.417 e. The van der Waals surface area contributed by atoms with E-state index in [4.69, 9.17) is 0 Å². The number of hydrogen-bond donors (Lipinski definition) is 2. The number of rotatable bonds is 5. The number of carbonyl (C=O) groups excluding carboxylic acids is 1. The van der Waals surface area contributed by atoms with Crippen molar-refractivity contribution in [2.45, 2.75) is 13.1 Å². The molecule has 0 bridgehead atoms. The number of nitrogens with zero attached hydrogens (tertiary/aromatic N) is 1. The van der Waals surface area contributed by atoms with E-state index in [0.29, 0.717) is 5.56 Å². The highest BCUT2D eigenvalue weighted by molar-refractivity contribution is 5.94. The zero-order valence-electron chi connectivity index (χ0n) is 12.7. The molecule has 0 saturated carbocycles. The first-order valence-electron chi connectivity index (χ1n) is 7.09. The van der Waals surface area contributed by atoms with E-state index in [1.165, 1.54) is 18.2 Å². The number of aromatic nitrogens is 1. The van der Waals surface area contributed by atoms with Crippen molar-refractivity contribution < 1.29 is 22.4 Å². The minimum Gasteiger partial charge on any atom is -0.368 e. The van der Waals surface area contributed by atoms with Gasteiger partial charge in [-0.3, -0.25) is 4.79 Å². The number of halogens is 4. The van der Waals surface area contributed by atoms with Crippen LogP contribution >= 0.6 is 0 Å². The third-order valence-corrected chi connectivity index (χ3v) is 3.24. The number of pyridine rings is 1. The van der Waals surface area contributed by atoms with Gasteiger partial charge in [-0.1, -0.05) is 6.07 Å². The van der Waals surface area contributed by atoms with Crippen molar-refractivity contribution in [2.75, 3.05) is 18.4 Å². The van der Waals surface area contributed by atoms with Crippen molar-refractivity contribution >= 4 is 11.7 Å². The normalized spacial score (nSPS) is 11.2. The van der Waals surface area contributed by atoms with E-state index in [0.717, 1.165) is 18.3 Å². The number of alkyl halides is 3. The molecule has 2 aromatic rings. The van der Waals surface area contributed by atoms with Crippen molar-refractivity contribution in [1.29, 1.82) is 0 Å². The Balaban J connectivity index is 1.80. The number of nitrogens with one attached hydrogen (secondary N) is 2. The summed E-state index contributed by atoms with van der Waals surface area (Å²) < 4.78 is 50.6. The first-order chi connectivity index (χ1) is 11.3. The fraction of sp³-hybridized carbons (Fsp3) is 0.250. The molecule has 0 atom stereocenters. The SMILES string of the molecule is Cc1ccc(C(=O)NCCNc2ccc(C(F)(F)F)cn2)cc1F. The molecule has 1 aromatic carbocycles. The molecule has 0 spiro atoms. The highest BCUT2D eigenvalue weighted by atomic mass is 19.4. The summed E-state index contributed by atoms with van der Waals surface area (Å²) in [5.74, 6) is -0.635. The van der Waals surface area contributed by atoms with Crippen molar-refractivity contribution in [3.8, 4) is 0 Å². The van der Waals surface area contributed by atoms with Gasteiger partial charge in [0.15, 0.2) is 0 Å². The first kappa shape index (κ1) is 17.7. The van der Waals surface area contributed by atoms with Gasteiger partial charge >= 0.3 is 6.18 Å². The quantitative estimate of drug-likeness (QED) is 0.647. The summed E-state index contributed by atoms with van der Waals surface area (Å²) in [6.45, 7) is 2.06. The monoisotopic (exact) mass is 341 g/mol. The van der Waals surface area contributed by atoms with Crippen LogP contribution in [0.4, 0.5) is 23.4 Å².